The number of carbonyl (C=O) groups is 2. The molecule has 0 saturated carbocycles. The van der Waals surface area contributed by atoms with E-state index >= 15 is 0 Å². The van der Waals surface area contributed by atoms with Crippen molar-refractivity contribution in [1.82, 2.24) is 10.2 Å². The Labute approximate surface area is 129 Å². The van der Waals surface area contributed by atoms with Crippen molar-refractivity contribution in [2.75, 3.05) is 20.1 Å². The van der Waals surface area contributed by atoms with Crippen molar-refractivity contribution in [3.05, 3.63) is 0 Å². The molecule has 1 N–H and O–H groups in total. The lowest BCUT2D eigenvalue weighted by Gasteiger charge is -2.15. The average Bonchev–Trinajstić information content (AvgIpc) is 2.95. The summed E-state index contributed by atoms with van der Waals surface area (Å²) in [5.74, 6) is 0.127. The van der Waals surface area contributed by atoms with Crippen molar-refractivity contribution in [3.8, 4) is 0 Å². The Hall–Kier alpha value is -0.900. The van der Waals surface area contributed by atoms with Crippen molar-refractivity contribution in [1.29, 1.82) is 0 Å². The quantitative estimate of drug-likeness (QED) is 0.471. The zero-order valence-electron chi connectivity index (χ0n) is 13.8. The van der Waals surface area contributed by atoms with Gasteiger partial charge in [0, 0.05) is 25.6 Å². The Morgan fingerprint density at radius 3 is 2.38 bits per heavy atom. The number of hydrogen-bond acceptors (Lipinski definition) is 3. The average molecular weight is 296 g/mol. The molecule has 1 aliphatic heterocycles. The van der Waals surface area contributed by atoms with Crippen LogP contribution in [0, 0.1) is 0 Å². The van der Waals surface area contributed by atoms with Crippen LogP contribution in [0.2, 0.25) is 0 Å². The number of rotatable bonds is 11. The summed E-state index contributed by atoms with van der Waals surface area (Å²) in [6, 6.07) is 0.396. The van der Waals surface area contributed by atoms with E-state index in [1.807, 2.05) is 11.9 Å². The molecule has 4 nitrogen and oxygen atoms in total. The summed E-state index contributed by atoms with van der Waals surface area (Å²) < 4.78 is 0. The first-order valence-electron chi connectivity index (χ1n) is 8.64. The summed E-state index contributed by atoms with van der Waals surface area (Å²) in [6.45, 7) is 3.75. The van der Waals surface area contributed by atoms with Gasteiger partial charge in [-0.25, -0.2) is 0 Å². The molecule has 4 heteroatoms. The molecule has 0 radical (unpaired) electrons. The van der Waals surface area contributed by atoms with Gasteiger partial charge in [-0.1, -0.05) is 45.4 Å². The summed E-state index contributed by atoms with van der Waals surface area (Å²) in [4.78, 5) is 25.7. The molecule has 1 saturated heterocycles. The molecule has 122 valence electrons. The van der Waals surface area contributed by atoms with Gasteiger partial charge in [-0.05, 0) is 19.9 Å². The number of amides is 1. The first-order chi connectivity index (χ1) is 10.2. The van der Waals surface area contributed by atoms with Crippen LogP contribution >= 0.6 is 0 Å². The van der Waals surface area contributed by atoms with Gasteiger partial charge in [0.25, 0.3) is 0 Å². The molecule has 1 fully saturated rings. The number of ketones is 1. The molecule has 21 heavy (non-hydrogen) atoms. The fourth-order valence-electron chi connectivity index (χ4n) is 2.87. The van der Waals surface area contributed by atoms with Crippen LogP contribution in [-0.4, -0.2) is 42.8 Å². The van der Waals surface area contributed by atoms with E-state index in [2.05, 4.69) is 12.2 Å². The molecule has 1 amide bonds. The number of unbranched alkanes of at least 4 members (excludes halogenated alkanes) is 6. The van der Waals surface area contributed by atoms with E-state index in [9.17, 15) is 9.59 Å². The molecule has 0 spiro atoms. The van der Waals surface area contributed by atoms with Gasteiger partial charge in [0.05, 0.1) is 6.42 Å². The van der Waals surface area contributed by atoms with Crippen LogP contribution in [0.1, 0.15) is 71.1 Å². The normalized spacial score (nSPS) is 18.2. The summed E-state index contributed by atoms with van der Waals surface area (Å²) in [5.41, 5.74) is 0. The van der Waals surface area contributed by atoms with Gasteiger partial charge in [0.2, 0.25) is 5.91 Å². The molecule has 0 aromatic heterocycles. The van der Waals surface area contributed by atoms with Gasteiger partial charge >= 0.3 is 0 Å². The van der Waals surface area contributed by atoms with Crippen molar-refractivity contribution in [2.24, 2.45) is 0 Å². The second-order valence-corrected chi connectivity index (χ2v) is 6.20. The summed E-state index contributed by atoms with van der Waals surface area (Å²) >= 11 is 0. The van der Waals surface area contributed by atoms with Gasteiger partial charge in [-0.15, -0.1) is 0 Å². The van der Waals surface area contributed by atoms with E-state index in [-0.39, 0.29) is 18.1 Å². The van der Waals surface area contributed by atoms with Crippen molar-refractivity contribution < 1.29 is 9.59 Å². The minimum absolute atomic E-state index is 0.0145. The van der Waals surface area contributed by atoms with Crippen LogP contribution in [0.3, 0.4) is 0 Å². The molecule has 0 aromatic rings. The number of nitrogens with one attached hydrogen (secondary N) is 1. The maximum atomic E-state index is 12.0. The van der Waals surface area contributed by atoms with E-state index in [1.165, 1.54) is 32.1 Å². The summed E-state index contributed by atoms with van der Waals surface area (Å²) in [7, 11) is 1.92. The third kappa shape index (κ3) is 7.60. The van der Waals surface area contributed by atoms with E-state index in [1.54, 1.807) is 0 Å². The lowest BCUT2D eigenvalue weighted by molar-refractivity contribution is -0.134. The van der Waals surface area contributed by atoms with E-state index in [4.69, 9.17) is 0 Å². The predicted molar refractivity (Wildman–Crippen MR) is 86.3 cm³/mol. The standard InChI is InChI=1S/C17H32N2O2/c1-3-4-5-6-7-8-9-10-16(20)13-17(21)19-12-11-15(14-19)18-2/h15,18H,3-14H2,1-2H3. The SMILES string of the molecule is CCCCCCCCCC(=O)CC(=O)N1CCC(NC)C1. The van der Waals surface area contributed by atoms with E-state index < -0.39 is 0 Å². The number of hydrogen-bond donors (Lipinski definition) is 1. The molecule has 1 unspecified atom stereocenters. The second kappa shape index (κ2) is 10.8. The lowest BCUT2D eigenvalue weighted by atomic mass is 10.1. The van der Waals surface area contributed by atoms with Crippen LogP contribution in [0.25, 0.3) is 0 Å². The number of Topliss-reactive ketones (excluding diaryl/α,β-unsaturated/α-hetero) is 1. The Balaban J connectivity index is 2.04. The Bertz CT molecular complexity index is 318. The van der Waals surface area contributed by atoms with Crippen LogP contribution in [-0.2, 0) is 9.59 Å². The fraction of sp³-hybridized carbons (Fsp3) is 0.882. The minimum Gasteiger partial charge on any atom is -0.341 e. The number of likely N-dealkylation sites (tertiary alicyclic amines) is 1. The highest BCUT2D eigenvalue weighted by Crippen LogP contribution is 2.12. The predicted octanol–water partition coefficient (Wildman–Crippen LogP) is 2.91. The molecule has 1 heterocycles. The molecular weight excluding hydrogens is 264 g/mol. The molecule has 1 rings (SSSR count). The maximum absolute atomic E-state index is 12.0. The van der Waals surface area contributed by atoms with E-state index in [0.29, 0.717) is 12.5 Å². The first-order valence-corrected chi connectivity index (χ1v) is 8.64. The lowest BCUT2D eigenvalue weighted by Crippen LogP contribution is -2.34. The summed E-state index contributed by atoms with van der Waals surface area (Å²) in [5, 5.41) is 3.19. The van der Waals surface area contributed by atoms with Crippen molar-refractivity contribution in [2.45, 2.75) is 77.2 Å². The van der Waals surface area contributed by atoms with Crippen molar-refractivity contribution >= 4 is 11.7 Å². The number of likely N-dealkylation sites (N-methyl/N-ethyl adjacent to an activating group) is 1. The highest BCUT2D eigenvalue weighted by molar-refractivity contribution is 5.98. The largest absolute Gasteiger partial charge is 0.341 e. The molecule has 0 aromatic carbocycles. The highest BCUT2D eigenvalue weighted by Gasteiger charge is 2.25. The van der Waals surface area contributed by atoms with Gasteiger partial charge < -0.3 is 10.2 Å². The Kier molecular flexibility index (Phi) is 9.31. The zero-order chi connectivity index (χ0) is 15.5. The fourth-order valence-corrected chi connectivity index (χ4v) is 2.87. The minimum atomic E-state index is 0.0145. The van der Waals surface area contributed by atoms with E-state index in [0.717, 1.165) is 32.4 Å². The first kappa shape index (κ1) is 18.1. The molecule has 1 aliphatic rings. The Morgan fingerprint density at radius 1 is 1.10 bits per heavy atom. The molecule has 0 aliphatic carbocycles. The Morgan fingerprint density at radius 2 is 1.76 bits per heavy atom. The van der Waals surface area contributed by atoms with Crippen LogP contribution in [0.4, 0.5) is 0 Å². The summed E-state index contributed by atoms with van der Waals surface area (Å²) in [6.07, 6.45) is 10.1. The number of carbonyl (C=O) groups excluding carboxylic acids is 2. The third-order valence-corrected chi connectivity index (χ3v) is 4.36. The van der Waals surface area contributed by atoms with Gasteiger partial charge in [-0.2, -0.15) is 0 Å². The smallest absolute Gasteiger partial charge is 0.230 e. The number of nitrogens with zero attached hydrogens (tertiary/aromatic N) is 1. The monoisotopic (exact) mass is 296 g/mol. The van der Waals surface area contributed by atoms with Gasteiger partial charge in [0.1, 0.15) is 5.78 Å². The van der Waals surface area contributed by atoms with Crippen molar-refractivity contribution in [3.63, 3.8) is 0 Å². The third-order valence-electron chi connectivity index (χ3n) is 4.36. The van der Waals surface area contributed by atoms with Crippen LogP contribution in [0.5, 0.6) is 0 Å². The van der Waals surface area contributed by atoms with Crippen LogP contribution in [0.15, 0.2) is 0 Å². The van der Waals surface area contributed by atoms with Gasteiger partial charge in [-0.3, -0.25) is 9.59 Å². The molecule has 1 atom stereocenters. The maximum Gasteiger partial charge on any atom is 0.230 e. The molecule has 0 bridgehead atoms. The topological polar surface area (TPSA) is 49.4 Å². The van der Waals surface area contributed by atoms with Gasteiger partial charge in [0.15, 0.2) is 0 Å². The highest BCUT2D eigenvalue weighted by atomic mass is 16.2. The van der Waals surface area contributed by atoms with Crippen LogP contribution < -0.4 is 5.32 Å². The second-order valence-electron chi connectivity index (χ2n) is 6.20. The zero-order valence-corrected chi connectivity index (χ0v) is 13.8. The molecular formula is C17H32N2O2.